The first-order valence-electron chi connectivity index (χ1n) is 6.05. The predicted molar refractivity (Wildman–Crippen MR) is 76.0 cm³/mol. The molecule has 0 atom stereocenters. The van der Waals surface area contributed by atoms with Gasteiger partial charge < -0.3 is 15.4 Å². The summed E-state index contributed by atoms with van der Waals surface area (Å²) in [6.07, 6.45) is 1.24. The Morgan fingerprint density at radius 1 is 1.21 bits per heavy atom. The van der Waals surface area contributed by atoms with Crippen LogP contribution < -0.4 is 15.4 Å². The average molecular weight is 285 g/mol. The van der Waals surface area contributed by atoms with Gasteiger partial charge in [-0.05, 0) is 12.1 Å². The number of anilines is 2. The van der Waals surface area contributed by atoms with E-state index in [1.54, 1.807) is 13.2 Å². The lowest BCUT2D eigenvalue weighted by atomic mass is 10.2. The number of nitrogens with zero attached hydrogens (tertiary/aromatic N) is 2. The third-order valence-corrected chi connectivity index (χ3v) is 4.59. The molecule has 0 radical (unpaired) electrons. The highest BCUT2D eigenvalue weighted by molar-refractivity contribution is 7.88. The van der Waals surface area contributed by atoms with Crippen molar-refractivity contribution in [2.24, 2.45) is 0 Å². The van der Waals surface area contributed by atoms with Gasteiger partial charge >= 0.3 is 0 Å². The molecule has 1 fully saturated rings. The largest absolute Gasteiger partial charge is 0.497 e. The molecule has 1 saturated heterocycles. The number of methoxy groups -OCH3 is 1. The normalized spacial score (nSPS) is 17.5. The van der Waals surface area contributed by atoms with Crippen molar-refractivity contribution in [1.29, 1.82) is 0 Å². The number of sulfonamides is 1. The van der Waals surface area contributed by atoms with E-state index < -0.39 is 10.0 Å². The minimum absolute atomic E-state index is 0.490. The van der Waals surface area contributed by atoms with Crippen LogP contribution in [0.2, 0.25) is 0 Å². The average Bonchev–Trinajstić information content (AvgIpc) is 2.37. The molecule has 2 rings (SSSR count). The van der Waals surface area contributed by atoms with Crippen LogP contribution in [0.3, 0.4) is 0 Å². The van der Waals surface area contributed by atoms with E-state index in [9.17, 15) is 8.42 Å². The summed E-state index contributed by atoms with van der Waals surface area (Å²) in [6, 6.07) is 5.54. The van der Waals surface area contributed by atoms with Crippen molar-refractivity contribution in [1.82, 2.24) is 4.31 Å². The summed E-state index contributed by atoms with van der Waals surface area (Å²) < 4.78 is 29.5. The Balaban J connectivity index is 2.10. The number of nitrogen functional groups attached to an aromatic ring is 1. The van der Waals surface area contributed by atoms with Gasteiger partial charge in [-0.2, -0.15) is 4.31 Å². The van der Waals surface area contributed by atoms with Crippen molar-refractivity contribution in [3.63, 3.8) is 0 Å². The summed E-state index contributed by atoms with van der Waals surface area (Å²) in [7, 11) is -1.50. The van der Waals surface area contributed by atoms with Crippen molar-refractivity contribution in [2.75, 3.05) is 50.2 Å². The first-order chi connectivity index (χ1) is 8.91. The van der Waals surface area contributed by atoms with E-state index in [1.165, 1.54) is 10.6 Å². The van der Waals surface area contributed by atoms with Gasteiger partial charge in [-0.3, -0.25) is 0 Å². The molecule has 19 heavy (non-hydrogen) atoms. The van der Waals surface area contributed by atoms with E-state index in [4.69, 9.17) is 10.5 Å². The third kappa shape index (κ3) is 3.10. The molecule has 106 valence electrons. The Labute approximate surface area is 113 Å². The maximum absolute atomic E-state index is 11.4. The molecule has 0 amide bonds. The Morgan fingerprint density at radius 2 is 1.84 bits per heavy atom. The monoisotopic (exact) mass is 285 g/mol. The van der Waals surface area contributed by atoms with E-state index >= 15 is 0 Å². The van der Waals surface area contributed by atoms with Crippen LogP contribution >= 0.6 is 0 Å². The molecular formula is C12H19N3O3S. The zero-order valence-electron chi connectivity index (χ0n) is 11.2. The molecule has 1 aromatic carbocycles. The van der Waals surface area contributed by atoms with Gasteiger partial charge in [0.2, 0.25) is 10.0 Å². The van der Waals surface area contributed by atoms with Crippen molar-refractivity contribution in [2.45, 2.75) is 0 Å². The molecular weight excluding hydrogens is 266 g/mol. The first kappa shape index (κ1) is 14.0. The summed E-state index contributed by atoms with van der Waals surface area (Å²) in [5, 5.41) is 0. The second-order valence-electron chi connectivity index (χ2n) is 4.57. The van der Waals surface area contributed by atoms with Gasteiger partial charge in [-0.25, -0.2) is 8.42 Å². The number of ether oxygens (including phenoxy) is 1. The maximum Gasteiger partial charge on any atom is 0.211 e. The smallest absolute Gasteiger partial charge is 0.211 e. The van der Waals surface area contributed by atoms with E-state index in [0.29, 0.717) is 31.9 Å². The van der Waals surface area contributed by atoms with Crippen LogP contribution in [-0.2, 0) is 10.0 Å². The summed E-state index contributed by atoms with van der Waals surface area (Å²) in [5.41, 5.74) is 7.57. The van der Waals surface area contributed by atoms with Gasteiger partial charge in [0.1, 0.15) is 5.75 Å². The molecule has 7 heteroatoms. The van der Waals surface area contributed by atoms with Crippen LogP contribution in [0.5, 0.6) is 5.75 Å². The van der Waals surface area contributed by atoms with Gasteiger partial charge in [-0.15, -0.1) is 0 Å². The second-order valence-corrected chi connectivity index (χ2v) is 6.56. The predicted octanol–water partition coefficient (Wildman–Crippen LogP) is 0.359. The number of hydrogen-bond donors (Lipinski definition) is 1. The highest BCUT2D eigenvalue weighted by atomic mass is 32.2. The Hall–Kier alpha value is -1.47. The van der Waals surface area contributed by atoms with Crippen molar-refractivity contribution in [3.8, 4) is 5.75 Å². The molecule has 0 spiro atoms. The molecule has 0 unspecified atom stereocenters. The van der Waals surface area contributed by atoms with E-state index in [0.717, 1.165) is 11.4 Å². The lowest BCUT2D eigenvalue weighted by molar-refractivity contribution is 0.388. The van der Waals surface area contributed by atoms with E-state index in [-0.39, 0.29) is 0 Å². The molecule has 0 saturated carbocycles. The van der Waals surface area contributed by atoms with Crippen LogP contribution in [0, 0.1) is 0 Å². The Kier molecular flexibility index (Phi) is 3.86. The van der Waals surface area contributed by atoms with Gasteiger partial charge in [0.15, 0.2) is 0 Å². The fourth-order valence-electron chi connectivity index (χ4n) is 2.21. The summed E-state index contributed by atoms with van der Waals surface area (Å²) in [6.45, 7) is 2.27. The molecule has 1 aliphatic heterocycles. The van der Waals surface area contributed by atoms with Gasteiger partial charge in [0, 0.05) is 32.2 Å². The topological polar surface area (TPSA) is 75.9 Å². The number of hydrogen-bond acceptors (Lipinski definition) is 5. The summed E-state index contributed by atoms with van der Waals surface area (Å²) in [4.78, 5) is 2.09. The fraction of sp³-hybridized carbons (Fsp3) is 0.500. The maximum atomic E-state index is 11.4. The molecule has 0 aromatic heterocycles. The number of benzene rings is 1. The highest BCUT2D eigenvalue weighted by Crippen LogP contribution is 2.28. The van der Waals surface area contributed by atoms with Crippen molar-refractivity contribution < 1.29 is 13.2 Å². The van der Waals surface area contributed by atoms with Crippen LogP contribution in [0.1, 0.15) is 0 Å². The molecule has 6 nitrogen and oxygen atoms in total. The molecule has 0 bridgehead atoms. The minimum atomic E-state index is -3.10. The lowest BCUT2D eigenvalue weighted by Gasteiger charge is -2.35. The minimum Gasteiger partial charge on any atom is -0.497 e. The molecule has 2 N–H and O–H groups in total. The van der Waals surface area contributed by atoms with Gasteiger partial charge in [0.05, 0.1) is 24.7 Å². The SMILES string of the molecule is COc1ccc(N2CCN(S(C)(=O)=O)CC2)c(N)c1. The fourth-order valence-corrected chi connectivity index (χ4v) is 3.03. The van der Waals surface area contributed by atoms with Crippen molar-refractivity contribution in [3.05, 3.63) is 18.2 Å². The first-order valence-corrected chi connectivity index (χ1v) is 7.90. The zero-order chi connectivity index (χ0) is 14.0. The van der Waals surface area contributed by atoms with Crippen LogP contribution in [-0.4, -0.2) is 52.3 Å². The standard InChI is InChI=1S/C12H19N3O3S/c1-18-10-3-4-12(11(13)9-10)14-5-7-15(8-6-14)19(2,16)17/h3-4,9H,5-8,13H2,1-2H3. The van der Waals surface area contributed by atoms with Crippen molar-refractivity contribution >= 4 is 21.4 Å². The second kappa shape index (κ2) is 5.26. The number of piperazine rings is 1. The molecule has 1 heterocycles. The number of nitrogens with two attached hydrogens (primary N) is 1. The Morgan fingerprint density at radius 3 is 2.32 bits per heavy atom. The van der Waals surface area contributed by atoms with Crippen LogP contribution in [0.25, 0.3) is 0 Å². The molecule has 1 aromatic rings. The summed E-state index contributed by atoms with van der Waals surface area (Å²) >= 11 is 0. The molecule has 0 aliphatic carbocycles. The van der Waals surface area contributed by atoms with Gasteiger partial charge in [-0.1, -0.05) is 0 Å². The van der Waals surface area contributed by atoms with Gasteiger partial charge in [0.25, 0.3) is 0 Å². The van der Waals surface area contributed by atoms with E-state index in [2.05, 4.69) is 4.90 Å². The van der Waals surface area contributed by atoms with E-state index in [1.807, 2.05) is 12.1 Å². The Bertz CT molecular complexity index is 551. The van der Waals surface area contributed by atoms with Crippen LogP contribution in [0.15, 0.2) is 18.2 Å². The third-order valence-electron chi connectivity index (χ3n) is 3.28. The molecule has 1 aliphatic rings. The highest BCUT2D eigenvalue weighted by Gasteiger charge is 2.24. The quantitative estimate of drug-likeness (QED) is 0.812. The summed E-state index contributed by atoms with van der Waals surface area (Å²) in [5.74, 6) is 0.719. The van der Waals surface area contributed by atoms with Crippen LogP contribution in [0.4, 0.5) is 11.4 Å². The lowest BCUT2D eigenvalue weighted by Crippen LogP contribution is -2.48. The zero-order valence-corrected chi connectivity index (χ0v) is 12.0. The number of rotatable bonds is 3.